The molecule has 0 unspecified atom stereocenters. The van der Waals surface area contributed by atoms with Gasteiger partial charge in [-0.25, -0.2) is 27.3 Å². The van der Waals surface area contributed by atoms with Crippen LogP contribution in [0.5, 0.6) is 0 Å². The molecule has 1 amide bonds. The second kappa shape index (κ2) is 6.99. The van der Waals surface area contributed by atoms with E-state index >= 15 is 0 Å². The highest BCUT2D eigenvalue weighted by Crippen LogP contribution is 2.31. The number of benzene rings is 1. The van der Waals surface area contributed by atoms with Crippen LogP contribution >= 0.6 is 0 Å². The zero-order valence-corrected chi connectivity index (χ0v) is 16.1. The van der Waals surface area contributed by atoms with Crippen molar-refractivity contribution >= 4 is 38.6 Å². The van der Waals surface area contributed by atoms with Crippen molar-refractivity contribution in [2.24, 2.45) is 0 Å². The zero-order chi connectivity index (χ0) is 20.6. The molecule has 9 nitrogen and oxygen atoms in total. The van der Waals surface area contributed by atoms with E-state index in [2.05, 4.69) is 20.3 Å². The summed E-state index contributed by atoms with van der Waals surface area (Å²) in [6.07, 6.45) is 4.50. The molecule has 1 aromatic carbocycles. The Labute approximate surface area is 166 Å². The van der Waals surface area contributed by atoms with Crippen LogP contribution in [0.2, 0.25) is 0 Å². The zero-order valence-electron chi connectivity index (χ0n) is 15.3. The van der Waals surface area contributed by atoms with E-state index in [1.807, 2.05) is 0 Å². The number of hydrogen-bond donors (Lipinski definition) is 2. The van der Waals surface area contributed by atoms with Crippen LogP contribution < -0.4 is 11.1 Å². The number of pyridine rings is 1. The lowest BCUT2D eigenvalue weighted by Crippen LogP contribution is -2.13. The summed E-state index contributed by atoms with van der Waals surface area (Å²) in [6.45, 7) is 1.38. The maximum absolute atomic E-state index is 13.3. The number of amides is 1. The average molecular weight is 408 g/mol. The van der Waals surface area contributed by atoms with Crippen LogP contribution in [0.4, 0.5) is 11.6 Å². The van der Waals surface area contributed by atoms with Crippen molar-refractivity contribution in [3.8, 4) is 11.3 Å². The van der Waals surface area contributed by atoms with E-state index in [-0.39, 0.29) is 22.4 Å². The summed E-state index contributed by atoms with van der Waals surface area (Å²) < 4.78 is 27.7. The van der Waals surface area contributed by atoms with E-state index in [4.69, 9.17) is 5.73 Å². The number of nitrogen functional groups attached to an aromatic ring is 1. The predicted molar refractivity (Wildman–Crippen MR) is 109 cm³/mol. The molecule has 0 aliphatic heterocycles. The Kier molecular flexibility index (Phi) is 4.47. The molecule has 4 rings (SSSR count). The van der Waals surface area contributed by atoms with Gasteiger partial charge < -0.3 is 11.1 Å². The highest BCUT2D eigenvalue weighted by Gasteiger charge is 2.23. The van der Waals surface area contributed by atoms with Gasteiger partial charge in [-0.15, -0.1) is 0 Å². The first-order valence-corrected chi connectivity index (χ1v) is 9.98. The molecule has 0 atom stereocenters. The van der Waals surface area contributed by atoms with Gasteiger partial charge in [0.2, 0.25) is 11.9 Å². The molecule has 146 valence electrons. The summed E-state index contributed by atoms with van der Waals surface area (Å²) >= 11 is 0. The fourth-order valence-corrected chi connectivity index (χ4v) is 4.29. The Balaban J connectivity index is 1.86. The van der Waals surface area contributed by atoms with Crippen molar-refractivity contribution in [1.82, 2.24) is 18.9 Å². The Morgan fingerprint density at radius 3 is 2.52 bits per heavy atom. The first-order valence-electron chi connectivity index (χ1n) is 8.54. The number of hydrogen-bond acceptors (Lipinski definition) is 7. The van der Waals surface area contributed by atoms with Crippen molar-refractivity contribution in [3.63, 3.8) is 0 Å². The Morgan fingerprint density at radius 2 is 1.83 bits per heavy atom. The molecule has 0 radical (unpaired) electrons. The van der Waals surface area contributed by atoms with Gasteiger partial charge in [0, 0.05) is 42.2 Å². The summed E-state index contributed by atoms with van der Waals surface area (Å²) in [5, 5.41) is 3.22. The number of carbonyl (C=O) groups excluding carboxylic acids is 1. The van der Waals surface area contributed by atoms with Gasteiger partial charge in [-0.05, 0) is 42.5 Å². The Bertz CT molecular complexity index is 1330. The van der Waals surface area contributed by atoms with Gasteiger partial charge >= 0.3 is 0 Å². The molecular weight excluding hydrogens is 392 g/mol. The number of nitrogens with zero attached hydrogens (tertiary/aromatic N) is 4. The van der Waals surface area contributed by atoms with Crippen molar-refractivity contribution < 1.29 is 13.2 Å². The molecule has 0 spiro atoms. The molecular formula is C19H16N6O3S. The second-order valence-corrected chi connectivity index (χ2v) is 8.04. The molecule has 4 aromatic rings. The van der Waals surface area contributed by atoms with Gasteiger partial charge in [0.1, 0.15) is 0 Å². The number of anilines is 2. The van der Waals surface area contributed by atoms with Gasteiger partial charge in [-0.3, -0.25) is 4.79 Å². The molecule has 3 aromatic heterocycles. The molecule has 0 aliphatic carbocycles. The topological polar surface area (TPSA) is 133 Å². The van der Waals surface area contributed by atoms with Crippen LogP contribution in [-0.4, -0.2) is 33.2 Å². The standard InChI is InChI=1S/C19H16N6O3S/c1-12(26)23-13-4-6-14(7-5-13)29(27,28)25-11-16(15-3-2-9-21-18(15)25)17-8-10-22-19(20)24-17/h2-11H,1H3,(H,23,26)(H2,20,22,24). The van der Waals surface area contributed by atoms with Crippen molar-refractivity contribution in [2.75, 3.05) is 11.1 Å². The van der Waals surface area contributed by atoms with E-state index in [0.717, 1.165) is 3.97 Å². The van der Waals surface area contributed by atoms with Gasteiger partial charge in [0.05, 0.1) is 10.6 Å². The second-order valence-electron chi connectivity index (χ2n) is 6.22. The number of carbonyl (C=O) groups is 1. The highest BCUT2D eigenvalue weighted by molar-refractivity contribution is 7.90. The van der Waals surface area contributed by atoms with Crippen LogP contribution in [-0.2, 0) is 14.8 Å². The first kappa shape index (κ1) is 18.6. The molecule has 0 saturated carbocycles. The Morgan fingerprint density at radius 1 is 1.07 bits per heavy atom. The lowest BCUT2D eigenvalue weighted by molar-refractivity contribution is -0.114. The fraction of sp³-hybridized carbons (Fsp3) is 0.0526. The van der Waals surface area contributed by atoms with Crippen molar-refractivity contribution in [3.05, 3.63) is 61.1 Å². The highest BCUT2D eigenvalue weighted by atomic mass is 32.2. The van der Waals surface area contributed by atoms with E-state index in [1.54, 1.807) is 18.2 Å². The fourth-order valence-electron chi connectivity index (χ4n) is 2.97. The number of nitrogens with one attached hydrogen (secondary N) is 1. The van der Waals surface area contributed by atoms with Crippen molar-refractivity contribution in [2.45, 2.75) is 11.8 Å². The molecule has 0 fully saturated rings. The van der Waals surface area contributed by atoms with E-state index in [0.29, 0.717) is 22.3 Å². The van der Waals surface area contributed by atoms with Gasteiger partial charge in [-0.1, -0.05) is 0 Å². The quantitative estimate of drug-likeness (QED) is 0.529. The predicted octanol–water partition coefficient (Wildman–Crippen LogP) is 2.27. The lowest BCUT2D eigenvalue weighted by Gasteiger charge is -2.08. The number of nitrogens with two attached hydrogens (primary N) is 1. The van der Waals surface area contributed by atoms with Gasteiger partial charge in [-0.2, -0.15) is 0 Å². The Hall–Kier alpha value is -3.79. The maximum atomic E-state index is 13.3. The first-order chi connectivity index (χ1) is 13.9. The van der Waals surface area contributed by atoms with Gasteiger partial charge in [0.15, 0.2) is 5.65 Å². The van der Waals surface area contributed by atoms with E-state index in [1.165, 1.54) is 49.8 Å². The molecule has 0 saturated heterocycles. The van der Waals surface area contributed by atoms with Crippen LogP contribution in [0.25, 0.3) is 22.3 Å². The van der Waals surface area contributed by atoms with E-state index < -0.39 is 10.0 Å². The minimum absolute atomic E-state index is 0.0582. The number of aromatic nitrogens is 4. The normalized spacial score (nSPS) is 11.5. The third-order valence-corrected chi connectivity index (χ3v) is 5.88. The van der Waals surface area contributed by atoms with Crippen molar-refractivity contribution in [1.29, 1.82) is 0 Å². The summed E-state index contributed by atoms with van der Waals surface area (Å²) in [5.74, 6) is -0.154. The smallest absolute Gasteiger partial charge is 0.269 e. The number of rotatable bonds is 4. The molecule has 0 bridgehead atoms. The van der Waals surface area contributed by atoms with Crippen LogP contribution in [0.3, 0.4) is 0 Å². The summed E-state index contributed by atoms with van der Waals surface area (Å²) in [4.78, 5) is 23.5. The third-order valence-electron chi connectivity index (χ3n) is 4.21. The minimum Gasteiger partial charge on any atom is -0.368 e. The molecule has 3 N–H and O–H groups in total. The summed E-state index contributed by atoms with van der Waals surface area (Å²) in [5.41, 5.74) is 7.51. The monoisotopic (exact) mass is 408 g/mol. The SMILES string of the molecule is CC(=O)Nc1ccc(S(=O)(=O)n2cc(-c3ccnc(N)n3)c3cccnc32)cc1. The summed E-state index contributed by atoms with van der Waals surface area (Å²) in [7, 11) is -3.94. The largest absolute Gasteiger partial charge is 0.368 e. The van der Waals surface area contributed by atoms with Crippen LogP contribution in [0.1, 0.15) is 6.92 Å². The minimum atomic E-state index is -3.94. The summed E-state index contributed by atoms with van der Waals surface area (Å²) in [6, 6.07) is 11.0. The van der Waals surface area contributed by atoms with Crippen LogP contribution in [0.15, 0.2) is 66.0 Å². The molecule has 10 heteroatoms. The average Bonchev–Trinajstić information content (AvgIpc) is 3.08. The lowest BCUT2D eigenvalue weighted by atomic mass is 10.1. The van der Waals surface area contributed by atoms with E-state index in [9.17, 15) is 13.2 Å². The maximum Gasteiger partial charge on any atom is 0.269 e. The third kappa shape index (κ3) is 3.41. The van der Waals surface area contributed by atoms with Crippen LogP contribution in [0, 0.1) is 0 Å². The molecule has 3 heterocycles. The molecule has 29 heavy (non-hydrogen) atoms. The molecule has 0 aliphatic rings. The van der Waals surface area contributed by atoms with Gasteiger partial charge in [0.25, 0.3) is 10.0 Å². The number of fused-ring (bicyclic) bond motifs is 1.